The molecule has 2 aromatic rings. The van der Waals surface area contributed by atoms with Crippen molar-refractivity contribution in [3.8, 4) is 0 Å². The average Bonchev–Trinajstić information content (AvgIpc) is 2.48. The summed E-state index contributed by atoms with van der Waals surface area (Å²) in [5, 5.41) is 10.7. The molecule has 1 aromatic carbocycles. The molecule has 0 fully saturated rings. The molecule has 0 unspecified atom stereocenters. The number of nitrogens with zero attached hydrogens (tertiary/aromatic N) is 2. The zero-order valence-electron chi connectivity index (χ0n) is 11.8. The highest BCUT2D eigenvalue weighted by molar-refractivity contribution is 7.99. The number of aromatic amines is 1. The summed E-state index contributed by atoms with van der Waals surface area (Å²) in [4.78, 5) is 25.8. The molecule has 0 aliphatic rings. The van der Waals surface area contributed by atoms with E-state index in [-0.39, 0.29) is 17.2 Å². The van der Waals surface area contributed by atoms with Crippen molar-refractivity contribution in [1.29, 1.82) is 0 Å². The van der Waals surface area contributed by atoms with Gasteiger partial charge in [0, 0.05) is 5.69 Å². The van der Waals surface area contributed by atoms with E-state index in [0.29, 0.717) is 10.9 Å². The average molecular weight is 304 g/mol. The fraction of sp³-hybridized carbons (Fsp3) is 0.286. The van der Waals surface area contributed by atoms with Gasteiger partial charge in [0.25, 0.3) is 5.56 Å². The summed E-state index contributed by atoms with van der Waals surface area (Å²) < 4.78 is 0. The van der Waals surface area contributed by atoms with Gasteiger partial charge in [-0.25, -0.2) is 0 Å². The molecule has 0 aliphatic carbocycles. The first-order valence-corrected chi connectivity index (χ1v) is 7.52. The molecule has 0 saturated heterocycles. The van der Waals surface area contributed by atoms with Crippen LogP contribution in [-0.4, -0.2) is 26.8 Å². The largest absolute Gasteiger partial charge is 0.325 e. The first-order chi connectivity index (χ1) is 10.1. The third-order valence-corrected chi connectivity index (χ3v) is 3.66. The Morgan fingerprint density at radius 1 is 1.38 bits per heavy atom. The number of anilines is 1. The lowest BCUT2D eigenvalue weighted by molar-refractivity contribution is -0.113. The quantitative estimate of drug-likeness (QED) is 0.822. The van der Waals surface area contributed by atoms with Gasteiger partial charge in [-0.05, 0) is 31.0 Å². The smallest absolute Gasteiger partial charge is 0.273 e. The lowest BCUT2D eigenvalue weighted by atomic mass is 10.1. The van der Waals surface area contributed by atoms with E-state index in [1.54, 1.807) is 6.92 Å². The SMILES string of the molecule is CCc1cccc(NC(=O)CSc2nnc(C)c(=O)[nH]2)c1. The summed E-state index contributed by atoms with van der Waals surface area (Å²) in [5.41, 5.74) is 1.95. The van der Waals surface area contributed by atoms with Gasteiger partial charge in [-0.3, -0.25) is 14.6 Å². The highest BCUT2D eigenvalue weighted by atomic mass is 32.2. The normalized spacial score (nSPS) is 10.4. The van der Waals surface area contributed by atoms with Crippen molar-refractivity contribution in [2.24, 2.45) is 0 Å². The van der Waals surface area contributed by atoms with Gasteiger partial charge in [0.05, 0.1) is 5.75 Å². The van der Waals surface area contributed by atoms with Crippen LogP contribution in [0.2, 0.25) is 0 Å². The number of carbonyl (C=O) groups excluding carboxylic acids is 1. The van der Waals surface area contributed by atoms with Crippen LogP contribution in [-0.2, 0) is 11.2 Å². The molecule has 6 nitrogen and oxygen atoms in total. The minimum Gasteiger partial charge on any atom is -0.325 e. The lowest BCUT2D eigenvalue weighted by Crippen LogP contribution is -2.17. The molecular formula is C14H16N4O2S. The monoisotopic (exact) mass is 304 g/mol. The summed E-state index contributed by atoms with van der Waals surface area (Å²) in [6.45, 7) is 3.64. The number of hydrogen-bond donors (Lipinski definition) is 2. The molecule has 0 saturated carbocycles. The fourth-order valence-electron chi connectivity index (χ4n) is 1.64. The van der Waals surface area contributed by atoms with Gasteiger partial charge in [-0.15, -0.1) is 10.2 Å². The van der Waals surface area contributed by atoms with Crippen molar-refractivity contribution in [2.75, 3.05) is 11.1 Å². The van der Waals surface area contributed by atoms with Gasteiger partial charge in [0.1, 0.15) is 5.69 Å². The van der Waals surface area contributed by atoms with E-state index in [4.69, 9.17) is 0 Å². The number of aromatic nitrogens is 3. The van der Waals surface area contributed by atoms with E-state index in [9.17, 15) is 9.59 Å². The predicted octanol–water partition coefficient (Wildman–Crippen LogP) is 1.77. The van der Waals surface area contributed by atoms with E-state index in [2.05, 4.69) is 27.4 Å². The van der Waals surface area contributed by atoms with E-state index < -0.39 is 0 Å². The zero-order chi connectivity index (χ0) is 15.2. The van der Waals surface area contributed by atoms with Crippen LogP contribution in [0.5, 0.6) is 0 Å². The van der Waals surface area contributed by atoms with Gasteiger partial charge in [0.2, 0.25) is 5.91 Å². The molecule has 0 spiro atoms. The summed E-state index contributed by atoms with van der Waals surface area (Å²) in [7, 11) is 0. The van der Waals surface area contributed by atoms with Crippen molar-refractivity contribution < 1.29 is 4.79 Å². The van der Waals surface area contributed by atoms with Gasteiger partial charge >= 0.3 is 0 Å². The number of aryl methyl sites for hydroxylation is 2. The Kier molecular flexibility index (Phi) is 5.10. The maximum absolute atomic E-state index is 11.9. The standard InChI is InChI=1S/C14H16N4O2S/c1-3-10-5-4-6-11(7-10)15-12(19)8-21-14-16-13(20)9(2)17-18-14/h4-7H,3,8H2,1-2H3,(H,15,19)(H,16,18,20). The third kappa shape index (κ3) is 4.42. The first kappa shape index (κ1) is 15.2. The van der Waals surface area contributed by atoms with E-state index in [1.165, 1.54) is 0 Å². The summed E-state index contributed by atoms with van der Waals surface area (Å²) in [5.74, 6) is 0.000740. The highest BCUT2D eigenvalue weighted by Crippen LogP contribution is 2.13. The second kappa shape index (κ2) is 7.03. The fourth-order valence-corrected chi connectivity index (χ4v) is 2.25. The summed E-state index contributed by atoms with van der Waals surface area (Å²) >= 11 is 1.14. The highest BCUT2D eigenvalue weighted by Gasteiger charge is 2.07. The Hall–Kier alpha value is -2.15. The van der Waals surface area contributed by atoms with Crippen molar-refractivity contribution in [3.05, 3.63) is 45.9 Å². The van der Waals surface area contributed by atoms with Crippen LogP contribution in [0.4, 0.5) is 5.69 Å². The maximum atomic E-state index is 11.9. The Bertz CT molecular complexity index is 699. The molecule has 21 heavy (non-hydrogen) atoms. The minimum atomic E-state index is -0.288. The lowest BCUT2D eigenvalue weighted by Gasteiger charge is -2.06. The molecule has 1 amide bonds. The second-order valence-electron chi connectivity index (χ2n) is 4.44. The van der Waals surface area contributed by atoms with Crippen LogP contribution < -0.4 is 10.9 Å². The minimum absolute atomic E-state index is 0.156. The van der Waals surface area contributed by atoms with Gasteiger partial charge < -0.3 is 5.32 Å². The molecule has 0 bridgehead atoms. The van der Waals surface area contributed by atoms with Crippen LogP contribution in [0.25, 0.3) is 0 Å². The van der Waals surface area contributed by atoms with Gasteiger partial charge in [-0.1, -0.05) is 30.8 Å². The predicted molar refractivity (Wildman–Crippen MR) is 82.6 cm³/mol. The number of hydrogen-bond acceptors (Lipinski definition) is 5. The van der Waals surface area contributed by atoms with Crippen LogP contribution in [0.15, 0.2) is 34.2 Å². The van der Waals surface area contributed by atoms with E-state index in [0.717, 1.165) is 29.4 Å². The first-order valence-electron chi connectivity index (χ1n) is 6.53. The molecular weight excluding hydrogens is 288 g/mol. The van der Waals surface area contributed by atoms with Crippen LogP contribution in [0.3, 0.4) is 0 Å². The molecule has 2 N–H and O–H groups in total. The molecule has 0 radical (unpaired) electrons. The number of benzene rings is 1. The molecule has 0 atom stereocenters. The molecule has 1 heterocycles. The van der Waals surface area contributed by atoms with Crippen molar-refractivity contribution >= 4 is 23.4 Å². The van der Waals surface area contributed by atoms with Crippen LogP contribution in [0.1, 0.15) is 18.2 Å². The topological polar surface area (TPSA) is 87.7 Å². The number of thioether (sulfide) groups is 1. The number of rotatable bonds is 5. The van der Waals surface area contributed by atoms with Crippen molar-refractivity contribution in [1.82, 2.24) is 15.2 Å². The van der Waals surface area contributed by atoms with Crippen molar-refractivity contribution in [3.63, 3.8) is 0 Å². The Morgan fingerprint density at radius 2 is 2.19 bits per heavy atom. The Morgan fingerprint density at radius 3 is 2.90 bits per heavy atom. The second-order valence-corrected chi connectivity index (χ2v) is 5.40. The molecule has 110 valence electrons. The maximum Gasteiger partial charge on any atom is 0.273 e. The molecule has 1 aromatic heterocycles. The number of nitrogens with one attached hydrogen (secondary N) is 2. The number of amides is 1. The Labute approximate surface area is 126 Å². The molecule has 2 rings (SSSR count). The summed E-state index contributed by atoms with van der Waals surface area (Å²) in [6.07, 6.45) is 0.915. The van der Waals surface area contributed by atoms with E-state index >= 15 is 0 Å². The zero-order valence-corrected chi connectivity index (χ0v) is 12.7. The van der Waals surface area contributed by atoms with Gasteiger partial charge in [0.15, 0.2) is 5.16 Å². The van der Waals surface area contributed by atoms with Crippen LogP contribution in [0, 0.1) is 6.92 Å². The molecule has 0 aliphatic heterocycles. The van der Waals surface area contributed by atoms with Gasteiger partial charge in [-0.2, -0.15) is 0 Å². The number of H-pyrrole nitrogens is 1. The number of carbonyl (C=O) groups is 1. The Balaban J connectivity index is 1.92. The van der Waals surface area contributed by atoms with E-state index in [1.807, 2.05) is 24.3 Å². The molecule has 7 heteroatoms. The summed E-state index contributed by atoms with van der Waals surface area (Å²) in [6, 6.07) is 7.70. The van der Waals surface area contributed by atoms with Crippen molar-refractivity contribution in [2.45, 2.75) is 25.4 Å². The third-order valence-electron chi connectivity index (χ3n) is 2.80. The van der Waals surface area contributed by atoms with Crippen LogP contribution >= 0.6 is 11.8 Å².